The lowest BCUT2D eigenvalue weighted by atomic mass is 10.0. The highest BCUT2D eigenvalue weighted by Crippen LogP contribution is 2.14. The van der Waals surface area contributed by atoms with Gasteiger partial charge in [0, 0.05) is 36.2 Å². The summed E-state index contributed by atoms with van der Waals surface area (Å²) >= 11 is 1.60. The van der Waals surface area contributed by atoms with E-state index in [4.69, 9.17) is 4.52 Å². The van der Waals surface area contributed by atoms with Crippen LogP contribution in [0.15, 0.2) is 34.2 Å². The number of likely N-dealkylation sites (tertiary alicyclic amines) is 1. The number of nitrogens with zero attached hydrogens (tertiary/aromatic N) is 2. The van der Waals surface area contributed by atoms with Crippen LogP contribution < -0.4 is 5.32 Å². The van der Waals surface area contributed by atoms with Crippen molar-refractivity contribution in [2.24, 2.45) is 0 Å². The van der Waals surface area contributed by atoms with Gasteiger partial charge in [0.2, 0.25) is 11.7 Å². The van der Waals surface area contributed by atoms with E-state index in [2.05, 4.69) is 10.5 Å². The summed E-state index contributed by atoms with van der Waals surface area (Å²) in [5, 5.41) is 8.63. The highest BCUT2D eigenvalue weighted by molar-refractivity contribution is 7.10. The summed E-state index contributed by atoms with van der Waals surface area (Å²) in [6, 6.07) is 5.59. The van der Waals surface area contributed by atoms with Crippen LogP contribution in [0.2, 0.25) is 0 Å². The quantitative estimate of drug-likeness (QED) is 0.864. The molecule has 0 spiro atoms. The molecule has 2 aromatic rings. The minimum atomic E-state index is -0.252. The van der Waals surface area contributed by atoms with Gasteiger partial charge in [0.15, 0.2) is 0 Å². The third-order valence-electron chi connectivity index (χ3n) is 3.93. The summed E-state index contributed by atoms with van der Waals surface area (Å²) in [6.07, 6.45) is 4.92. The third kappa shape index (κ3) is 4.11. The second kappa shape index (κ2) is 7.44. The van der Waals surface area contributed by atoms with Gasteiger partial charge in [-0.05, 0) is 37.3 Å². The molecule has 1 fully saturated rings. The van der Waals surface area contributed by atoms with Crippen LogP contribution in [0.5, 0.6) is 0 Å². The van der Waals surface area contributed by atoms with Gasteiger partial charge in [-0.3, -0.25) is 9.59 Å². The molecule has 0 aromatic carbocycles. The van der Waals surface area contributed by atoms with Crippen LogP contribution in [-0.2, 0) is 4.79 Å². The maximum atomic E-state index is 12.2. The summed E-state index contributed by atoms with van der Waals surface area (Å²) in [5.74, 6) is -0.0121. The van der Waals surface area contributed by atoms with E-state index in [1.54, 1.807) is 30.4 Å². The van der Waals surface area contributed by atoms with E-state index >= 15 is 0 Å². The normalized spacial score (nSPS) is 15.8. The first kappa shape index (κ1) is 16.4. The largest absolute Gasteiger partial charge is 0.351 e. The van der Waals surface area contributed by atoms with E-state index in [-0.39, 0.29) is 23.6 Å². The Morgan fingerprint density at radius 2 is 2.21 bits per heavy atom. The predicted octanol–water partition coefficient (Wildman–Crippen LogP) is 2.48. The predicted molar refractivity (Wildman–Crippen MR) is 91.7 cm³/mol. The van der Waals surface area contributed by atoms with Gasteiger partial charge in [-0.1, -0.05) is 11.2 Å². The number of piperidine rings is 1. The van der Waals surface area contributed by atoms with E-state index in [0.717, 1.165) is 17.7 Å². The molecule has 24 heavy (non-hydrogen) atoms. The highest BCUT2D eigenvalue weighted by atomic mass is 32.1. The van der Waals surface area contributed by atoms with E-state index in [1.165, 1.54) is 0 Å². The Balaban J connectivity index is 1.47. The molecule has 0 atom stereocenters. The zero-order chi connectivity index (χ0) is 16.9. The van der Waals surface area contributed by atoms with Crippen molar-refractivity contribution in [3.63, 3.8) is 0 Å². The number of aryl methyl sites for hydroxylation is 1. The number of carbonyl (C=O) groups excluding carboxylic acids is 2. The fraction of sp³-hybridized carbons (Fsp3) is 0.353. The van der Waals surface area contributed by atoms with Crippen molar-refractivity contribution in [2.75, 3.05) is 13.1 Å². The Morgan fingerprint density at radius 1 is 1.42 bits per heavy atom. The van der Waals surface area contributed by atoms with Crippen LogP contribution >= 0.6 is 11.3 Å². The number of thiophene rings is 1. The number of amides is 2. The zero-order valence-electron chi connectivity index (χ0n) is 13.4. The molecule has 2 amide bonds. The average molecular weight is 345 g/mol. The average Bonchev–Trinajstić information content (AvgIpc) is 3.25. The number of carbonyl (C=O) groups is 2. The van der Waals surface area contributed by atoms with Crippen molar-refractivity contribution >= 4 is 29.2 Å². The molecule has 0 aliphatic carbocycles. The molecule has 3 heterocycles. The van der Waals surface area contributed by atoms with Gasteiger partial charge in [0.25, 0.3) is 5.91 Å². The first-order valence-corrected chi connectivity index (χ1v) is 8.74. The number of rotatable bonds is 4. The van der Waals surface area contributed by atoms with Crippen LogP contribution in [0.4, 0.5) is 0 Å². The van der Waals surface area contributed by atoms with Crippen LogP contribution in [0.3, 0.4) is 0 Å². The van der Waals surface area contributed by atoms with Gasteiger partial charge in [-0.2, -0.15) is 0 Å². The Hall–Kier alpha value is -2.41. The first-order valence-electron chi connectivity index (χ1n) is 7.86. The van der Waals surface area contributed by atoms with Crippen molar-refractivity contribution in [3.05, 3.63) is 46.0 Å². The lowest BCUT2D eigenvalue weighted by molar-refractivity contribution is -0.126. The molecular formula is C17H19N3O3S. The van der Waals surface area contributed by atoms with Gasteiger partial charge in [0.1, 0.15) is 0 Å². The van der Waals surface area contributed by atoms with E-state index in [9.17, 15) is 9.59 Å². The molecule has 2 aromatic heterocycles. The molecular weight excluding hydrogens is 326 g/mol. The summed E-state index contributed by atoms with van der Waals surface area (Å²) in [4.78, 5) is 27.1. The standard InChI is InChI=1S/C17H19N3O3S/c1-12-11-15(23-19-12)17(22)18-13-6-8-20(9-7-13)16(21)5-4-14-3-2-10-24-14/h2-5,10-11,13H,6-9H2,1H3,(H,18,22)/b5-4-. The molecule has 1 N–H and O–H groups in total. The summed E-state index contributed by atoms with van der Waals surface area (Å²) in [5.41, 5.74) is 0.679. The fourth-order valence-electron chi connectivity index (χ4n) is 2.62. The number of hydrogen-bond acceptors (Lipinski definition) is 5. The lowest BCUT2D eigenvalue weighted by Gasteiger charge is -2.31. The molecule has 0 radical (unpaired) electrons. The van der Waals surface area contributed by atoms with Gasteiger partial charge >= 0.3 is 0 Å². The van der Waals surface area contributed by atoms with Crippen molar-refractivity contribution in [2.45, 2.75) is 25.8 Å². The molecule has 0 saturated carbocycles. The molecule has 0 unspecified atom stereocenters. The lowest BCUT2D eigenvalue weighted by Crippen LogP contribution is -2.46. The summed E-state index contributed by atoms with van der Waals surface area (Å²) < 4.78 is 4.96. The van der Waals surface area contributed by atoms with Crippen molar-refractivity contribution in [1.29, 1.82) is 0 Å². The minimum Gasteiger partial charge on any atom is -0.351 e. The Bertz CT molecular complexity index is 728. The summed E-state index contributed by atoms with van der Waals surface area (Å²) in [6.45, 7) is 3.04. The molecule has 6 nitrogen and oxygen atoms in total. The third-order valence-corrected chi connectivity index (χ3v) is 4.76. The maximum absolute atomic E-state index is 12.2. The first-order chi connectivity index (χ1) is 11.6. The van der Waals surface area contributed by atoms with Crippen molar-refractivity contribution in [3.8, 4) is 0 Å². The number of hydrogen-bond donors (Lipinski definition) is 1. The second-order valence-electron chi connectivity index (χ2n) is 5.75. The molecule has 7 heteroatoms. The summed E-state index contributed by atoms with van der Waals surface area (Å²) in [7, 11) is 0. The zero-order valence-corrected chi connectivity index (χ0v) is 14.2. The molecule has 1 aliphatic rings. The monoisotopic (exact) mass is 345 g/mol. The molecule has 3 rings (SSSR count). The molecule has 0 bridgehead atoms. The Morgan fingerprint density at radius 3 is 2.83 bits per heavy atom. The number of nitrogens with one attached hydrogen (secondary N) is 1. The van der Waals surface area contributed by atoms with E-state index in [1.807, 2.05) is 28.5 Å². The van der Waals surface area contributed by atoms with Gasteiger partial charge in [0.05, 0.1) is 5.69 Å². The minimum absolute atomic E-state index is 0.0130. The van der Waals surface area contributed by atoms with E-state index < -0.39 is 0 Å². The highest BCUT2D eigenvalue weighted by Gasteiger charge is 2.24. The Kier molecular flexibility index (Phi) is 5.10. The van der Waals surface area contributed by atoms with Gasteiger partial charge in [-0.25, -0.2) is 0 Å². The van der Waals surface area contributed by atoms with Crippen LogP contribution in [-0.4, -0.2) is 41.0 Å². The second-order valence-corrected chi connectivity index (χ2v) is 6.73. The molecule has 1 saturated heterocycles. The smallest absolute Gasteiger partial charge is 0.290 e. The van der Waals surface area contributed by atoms with Crippen LogP contribution in [0.1, 0.15) is 34.0 Å². The van der Waals surface area contributed by atoms with Gasteiger partial charge in [-0.15, -0.1) is 11.3 Å². The molecule has 126 valence electrons. The fourth-order valence-corrected chi connectivity index (χ4v) is 3.23. The van der Waals surface area contributed by atoms with Crippen LogP contribution in [0.25, 0.3) is 6.08 Å². The Labute approximate surface area is 144 Å². The maximum Gasteiger partial charge on any atom is 0.290 e. The van der Waals surface area contributed by atoms with Crippen molar-refractivity contribution < 1.29 is 14.1 Å². The molecule has 1 aliphatic heterocycles. The SMILES string of the molecule is Cc1cc(C(=O)NC2CCN(C(=O)/C=C\c3cccs3)CC2)on1. The van der Waals surface area contributed by atoms with Gasteiger partial charge < -0.3 is 14.7 Å². The topological polar surface area (TPSA) is 75.4 Å². The van der Waals surface area contributed by atoms with Crippen LogP contribution in [0, 0.1) is 6.92 Å². The van der Waals surface area contributed by atoms with E-state index in [0.29, 0.717) is 18.8 Å². The number of aromatic nitrogens is 1. The van der Waals surface area contributed by atoms with Crippen molar-refractivity contribution in [1.82, 2.24) is 15.4 Å².